The third kappa shape index (κ3) is 9.89. The molecule has 0 aliphatic rings. The van der Waals surface area contributed by atoms with Crippen molar-refractivity contribution < 1.29 is 20.1 Å². The van der Waals surface area contributed by atoms with Crippen molar-refractivity contribution in [3.05, 3.63) is 35.4 Å². The number of amides is 1. The van der Waals surface area contributed by atoms with Gasteiger partial charge in [-0.3, -0.25) is 4.79 Å². The Labute approximate surface area is 164 Å². The summed E-state index contributed by atoms with van der Waals surface area (Å²) in [6.45, 7) is 1.77. The third-order valence-corrected chi connectivity index (χ3v) is 5.10. The van der Waals surface area contributed by atoms with E-state index in [2.05, 4.69) is 12.1 Å². The summed E-state index contributed by atoms with van der Waals surface area (Å²) in [5.41, 5.74) is 2.12. The summed E-state index contributed by atoms with van der Waals surface area (Å²) in [5.74, 6) is -0.0379. The van der Waals surface area contributed by atoms with E-state index >= 15 is 0 Å². The van der Waals surface area contributed by atoms with E-state index in [0.717, 1.165) is 44.1 Å². The highest BCUT2D eigenvalue weighted by atomic mass is 16.5. The number of rotatable bonds is 13. The van der Waals surface area contributed by atoms with Gasteiger partial charge in [-0.25, -0.2) is 0 Å². The molecule has 0 aliphatic heterocycles. The van der Waals surface area contributed by atoms with Crippen LogP contribution in [0.1, 0.15) is 75.5 Å². The summed E-state index contributed by atoms with van der Waals surface area (Å²) in [6, 6.07) is 8.05. The van der Waals surface area contributed by atoms with Gasteiger partial charge in [0.1, 0.15) is 0 Å². The molecular weight excluding hydrogens is 342 g/mol. The maximum atomic E-state index is 11.5. The lowest BCUT2D eigenvalue weighted by atomic mass is 9.96. The first-order valence-corrected chi connectivity index (χ1v) is 10.1. The van der Waals surface area contributed by atoms with Crippen molar-refractivity contribution in [1.29, 1.82) is 0 Å². The van der Waals surface area contributed by atoms with Crippen LogP contribution >= 0.6 is 0 Å². The lowest BCUT2D eigenvalue weighted by Gasteiger charge is -2.17. The molecule has 0 bridgehead atoms. The predicted octanol–water partition coefficient (Wildman–Crippen LogP) is 3.42. The van der Waals surface area contributed by atoms with E-state index in [1.807, 2.05) is 12.1 Å². The lowest BCUT2D eigenvalue weighted by molar-refractivity contribution is -0.128. The SMILES string of the molecule is C[C@@H](CCC(O)c1cccc(CCCCCCCC(=O)N(C)C)c1)C(O)O. The van der Waals surface area contributed by atoms with Crippen LogP contribution < -0.4 is 0 Å². The molecule has 3 N–H and O–H groups in total. The number of aryl methyl sites for hydroxylation is 1. The molecule has 0 saturated carbocycles. The number of benzene rings is 1. The van der Waals surface area contributed by atoms with Gasteiger partial charge in [-0.1, -0.05) is 50.5 Å². The fourth-order valence-electron chi connectivity index (χ4n) is 3.05. The number of aliphatic hydroxyl groups excluding tert-OH is 2. The Bertz CT molecular complexity index is 545. The Morgan fingerprint density at radius 3 is 2.33 bits per heavy atom. The van der Waals surface area contributed by atoms with Crippen LogP contribution in [0.4, 0.5) is 0 Å². The second-order valence-corrected chi connectivity index (χ2v) is 7.79. The number of unbranched alkanes of at least 4 members (excludes halogenated alkanes) is 4. The predicted molar refractivity (Wildman–Crippen MR) is 108 cm³/mol. The van der Waals surface area contributed by atoms with Crippen LogP contribution in [0.2, 0.25) is 0 Å². The van der Waals surface area contributed by atoms with E-state index in [-0.39, 0.29) is 11.8 Å². The van der Waals surface area contributed by atoms with Crippen molar-refractivity contribution in [2.24, 2.45) is 5.92 Å². The lowest BCUT2D eigenvalue weighted by Crippen LogP contribution is -2.20. The molecule has 0 fully saturated rings. The zero-order valence-electron chi connectivity index (χ0n) is 17.1. The van der Waals surface area contributed by atoms with E-state index in [0.29, 0.717) is 19.3 Å². The molecule has 0 aliphatic carbocycles. The zero-order valence-corrected chi connectivity index (χ0v) is 17.1. The van der Waals surface area contributed by atoms with Gasteiger partial charge >= 0.3 is 0 Å². The molecule has 1 aromatic rings. The molecule has 0 aromatic heterocycles. The molecule has 0 heterocycles. The van der Waals surface area contributed by atoms with E-state index in [4.69, 9.17) is 10.2 Å². The van der Waals surface area contributed by atoms with Gasteiger partial charge in [0, 0.05) is 26.4 Å². The molecule has 0 saturated heterocycles. The first-order valence-electron chi connectivity index (χ1n) is 10.1. The number of carbonyl (C=O) groups excluding carboxylic acids is 1. The van der Waals surface area contributed by atoms with Crippen LogP contribution in [0.3, 0.4) is 0 Å². The summed E-state index contributed by atoms with van der Waals surface area (Å²) in [7, 11) is 3.59. The van der Waals surface area contributed by atoms with Crippen molar-refractivity contribution in [2.45, 2.75) is 77.1 Å². The quantitative estimate of drug-likeness (QED) is 0.362. The summed E-state index contributed by atoms with van der Waals surface area (Å²) >= 11 is 0. The van der Waals surface area contributed by atoms with Gasteiger partial charge < -0.3 is 20.2 Å². The Balaban J connectivity index is 2.26. The number of hydrogen-bond donors (Lipinski definition) is 3. The van der Waals surface area contributed by atoms with Gasteiger partial charge in [0.25, 0.3) is 0 Å². The highest BCUT2D eigenvalue weighted by Crippen LogP contribution is 2.23. The molecule has 1 unspecified atom stereocenters. The molecule has 0 radical (unpaired) electrons. The second kappa shape index (κ2) is 12.9. The normalized spacial score (nSPS) is 13.6. The molecule has 5 heteroatoms. The number of nitrogens with zero attached hydrogens (tertiary/aromatic N) is 1. The van der Waals surface area contributed by atoms with E-state index in [9.17, 15) is 9.90 Å². The largest absolute Gasteiger partial charge is 0.388 e. The van der Waals surface area contributed by atoms with Gasteiger partial charge in [0.15, 0.2) is 6.29 Å². The summed E-state index contributed by atoms with van der Waals surface area (Å²) in [4.78, 5) is 13.1. The van der Waals surface area contributed by atoms with Crippen LogP contribution in [0, 0.1) is 5.92 Å². The van der Waals surface area contributed by atoms with Crippen LogP contribution in [-0.2, 0) is 11.2 Å². The topological polar surface area (TPSA) is 81.0 Å². The Morgan fingerprint density at radius 1 is 1.00 bits per heavy atom. The highest BCUT2D eigenvalue weighted by Gasteiger charge is 2.14. The minimum atomic E-state index is -1.33. The highest BCUT2D eigenvalue weighted by molar-refractivity contribution is 5.75. The monoisotopic (exact) mass is 379 g/mol. The molecule has 1 rings (SSSR count). The van der Waals surface area contributed by atoms with Crippen molar-refractivity contribution in [1.82, 2.24) is 4.90 Å². The van der Waals surface area contributed by atoms with E-state index in [1.165, 1.54) is 5.56 Å². The van der Waals surface area contributed by atoms with Gasteiger partial charge in [-0.15, -0.1) is 0 Å². The smallest absolute Gasteiger partial charge is 0.222 e. The van der Waals surface area contributed by atoms with Crippen molar-refractivity contribution in [2.75, 3.05) is 14.1 Å². The minimum Gasteiger partial charge on any atom is -0.388 e. The fraction of sp³-hybridized carbons (Fsp3) is 0.682. The van der Waals surface area contributed by atoms with Gasteiger partial charge in [-0.2, -0.15) is 0 Å². The zero-order chi connectivity index (χ0) is 20.2. The average molecular weight is 380 g/mol. The van der Waals surface area contributed by atoms with Crippen molar-refractivity contribution in [3.63, 3.8) is 0 Å². The van der Waals surface area contributed by atoms with Gasteiger partial charge in [0.2, 0.25) is 5.91 Å². The molecule has 154 valence electrons. The minimum absolute atomic E-state index is 0.202. The summed E-state index contributed by atoms with van der Waals surface area (Å²) < 4.78 is 0. The van der Waals surface area contributed by atoms with Crippen LogP contribution in [-0.4, -0.2) is 46.5 Å². The molecule has 0 spiro atoms. The van der Waals surface area contributed by atoms with Crippen molar-refractivity contribution in [3.8, 4) is 0 Å². The molecule has 2 atom stereocenters. The van der Waals surface area contributed by atoms with E-state index in [1.54, 1.807) is 25.9 Å². The molecular formula is C22H37NO4. The molecule has 1 aromatic carbocycles. The maximum absolute atomic E-state index is 11.5. The standard InChI is InChI=1S/C22H37NO4/c1-17(22(26)27)14-15-20(24)19-12-9-11-18(16-19)10-7-5-4-6-8-13-21(25)23(2)3/h9,11-12,16-17,20,22,24,26-27H,4-8,10,13-15H2,1-3H3/t17-,20?/m0/s1. The van der Waals surface area contributed by atoms with Crippen LogP contribution in [0.25, 0.3) is 0 Å². The molecule has 27 heavy (non-hydrogen) atoms. The summed E-state index contributed by atoms with van der Waals surface area (Å²) in [5, 5.41) is 28.6. The van der Waals surface area contributed by atoms with Gasteiger partial charge in [-0.05, 0) is 43.2 Å². The molecule has 5 nitrogen and oxygen atoms in total. The first kappa shape index (κ1) is 23.6. The van der Waals surface area contributed by atoms with Crippen LogP contribution in [0.5, 0.6) is 0 Å². The number of carbonyl (C=O) groups is 1. The third-order valence-electron chi connectivity index (χ3n) is 5.10. The summed E-state index contributed by atoms with van der Waals surface area (Å²) in [6.07, 6.45) is 6.26. The number of aliphatic hydroxyl groups is 3. The van der Waals surface area contributed by atoms with Gasteiger partial charge in [0.05, 0.1) is 6.10 Å². The fourth-order valence-corrected chi connectivity index (χ4v) is 3.05. The Hall–Kier alpha value is -1.43. The Kier molecular flexibility index (Phi) is 11.3. The van der Waals surface area contributed by atoms with Crippen molar-refractivity contribution >= 4 is 5.91 Å². The van der Waals surface area contributed by atoms with Crippen LogP contribution in [0.15, 0.2) is 24.3 Å². The Morgan fingerprint density at radius 2 is 1.67 bits per heavy atom. The van der Waals surface area contributed by atoms with E-state index < -0.39 is 12.4 Å². The number of hydrogen-bond acceptors (Lipinski definition) is 4. The second-order valence-electron chi connectivity index (χ2n) is 7.79. The average Bonchev–Trinajstić information content (AvgIpc) is 2.64. The maximum Gasteiger partial charge on any atom is 0.222 e. The first-order chi connectivity index (χ1) is 12.8. The molecule has 1 amide bonds.